The van der Waals surface area contributed by atoms with E-state index in [9.17, 15) is 4.79 Å². The van der Waals surface area contributed by atoms with Gasteiger partial charge in [-0.2, -0.15) is 5.10 Å². The molecule has 4 rings (SSSR count). The standard InChI is InChI=1S/C18H22N8O/c1-2-26-16(13-25-9-3-6-21-25)22-23-17(26)14-4-10-24(11-5-14)18(27)15-12-19-7-8-20-15/h3,6-9,12,14H,2,4-5,10-11,13H2,1H3. The van der Waals surface area contributed by atoms with Crippen molar-refractivity contribution in [2.24, 2.45) is 0 Å². The molecule has 9 nitrogen and oxygen atoms in total. The third kappa shape index (κ3) is 3.57. The van der Waals surface area contributed by atoms with Crippen molar-refractivity contribution in [3.05, 3.63) is 54.4 Å². The van der Waals surface area contributed by atoms with Crippen LogP contribution in [0.3, 0.4) is 0 Å². The Morgan fingerprint density at radius 3 is 2.70 bits per heavy atom. The number of carbonyl (C=O) groups is 1. The van der Waals surface area contributed by atoms with E-state index in [1.807, 2.05) is 21.8 Å². The van der Waals surface area contributed by atoms with Gasteiger partial charge in [0.15, 0.2) is 5.82 Å². The number of rotatable bonds is 5. The highest BCUT2D eigenvalue weighted by Gasteiger charge is 2.28. The van der Waals surface area contributed by atoms with Crippen molar-refractivity contribution < 1.29 is 4.79 Å². The molecule has 1 aliphatic heterocycles. The third-order valence-electron chi connectivity index (χ3n) is 4.96. The molecule has 1 aliphatic rings. The van der Waals surface area contributed by atoms with Gasteiger partial charge in [0.05, 0.1) is 6.20 Å². The van der Waals surface area contributed by atoms with Crippen molar-refractivity contribution in [1.29, 1.82) is 0 Å². The van der Waals surface area contributed by atoms with E-state index in [4.69, 9.17) is 0 Å². The van der Waals surface area contributed by atoms with E-state index in [1.165, 1.54) is 6.20 Å². The smallest absolute Gasteiger partial charge is 0.274 e. The fourth-order valence-electron chi connectivity index (χ4n) is 3.56. The molecule has 0 bridgehead atoms. The summed E-state index contributed by atoms with van der Waals surface area (Å²) in [6.45, 7) is 4.90. The number of piperidine rings is 1. The lowest BCUT2D eigenvalue weighted by atomic mass is 9.95. The summed E-state index contributed by atoms with van der Waals surface area (Å²) >= 11 is 0. The molecule has 3 aromatic heterocycles. The molecule has 1 fully saturated rings. The van der Waals surface area contributed by atoms with Crippen LogP contribution in [-0.2, 0) is 13.1 Å². The van der Waals surface area contributed by atoms with Crippen molar-refractivity contribution in [3.63, 3.8) is 0 Å². The van der Waals surface area contributed by atoms with Crippen LogP contribution in [-0.4, -0.2) is 58.4 Å². The van der Waals surface area contributed by atoms with Crippen LogP contribution in [0, 0.1) is 0 Å². The molecule has 0 atom stereocenters. The van der Waals surface area contributed by atoms with Crippen LogP contribution in [0.1, 0.15) is 47.8 Å². The van der Waals surface area contributed by atoms with Crippen molar-refractivity contribution in [2.75, 3.05) is 13.1 Å². The van der Waals surface area contributed by atoms with E-state index in [0.717, 1.165) is 31.0 Å². The van der Waals surface area contributed by atoms with Gasteiger partial charge in [0.1, 0.15) is 18.1 Å². The highest BCUT2D eigenvalue weighted by Crippen LogP contribution is 2.28. The average Bonchev–Trinajstić information content (AvgIpc) is 3.38. The van der Waals surface area contributed by atoms with Gasteiger partial charge >= 0.3 is 0 Å². The molecule has 1 amide bonds. The Balaban J connectivity index is 1.44. The maximum absolute atomic E-state index is 12.5. The monoisotopic (exact) mass is 366 g/mol. The van der Waals surface area contributed by atoms with Gasteiger partial charge in [-0.05, 0) is 25.8 Å². The lowest BCUT2D eigenvalue weighted by molar-refractivity contribution is 0.0703. The Hall–Kier alpha value is -3.10. The van der Waals surface area contributed by atoms with Gasteiger partial charge < -0.3 is 9.47 Å². The SMILES string of the molecule is CCn1c(Cn2cccn2)nnc1C1CCN(C(=O)c2cnccn2)CC1. The molecule has 4 heterocycles. The highest BCUT2D eigenvalue weighted by atomic mass is 16.2. The summed E-state index contributed by atoms with van der Waals surface area (Å²) in [6.07, 6.45) is 10.1. The van der Waals surface area contributed by atoms with Crippen LogP contribution in [0.25, 0.3) is 0 Å². The predicted molar refractivity (Wildman–Crippen MR) is 96.9 cm³/mol. The van der Waals surface area contributed by atoms with Crippen molar-refractivity contribution in [2.45, 2.75) is 38.8 Å². The second kappa shape index (κ2) is 7.65. The lowest BCUT2D eigenvalue weighted by Crippen LogP contribution is -2.38. The van der Waals surface area contributed by atoms with Gasteiger partial charge in [-0.3, -0.25) is 14.5 Å². The number of amides is 1. The second-order valence-corrected chi connectivity index (χ2v) is 6.58. The maximum atomic E-state index is 12.5. The molecular formula is C18H22N8O. The molecular weight excluding hydrogens is 344 g/mol. The molecule has 9 heteroatoms. The summed E-state index contributed by atoms with van der Waals surface area (Å²) in [6, 6.07) is 1.90. The largest absolute Gasteiger partial charge is 0.337 e. The Bertz CT molecular complexity index is 881. The fraction of sp³-hybridized carbons (Fsp3) is 0.444. The van der Waals surface area contributed by atoms with Crippen LogP contribution >= 0.6 is 0 Å². The molecule has 3 aromatic rings. The summed E-state index contributed by atoms with van der Waals surface area (Å²) < 4.78 is 4.02. The number of aromatic nitrogens is 7. The molecule has 0 saturated carbocycles. The quantitative estimate of drug-likeness (QED) is 0.676. The number of hydrogen-bond acceptors (Lipinski definition) is 6. The number of nitrogens with zero attached hydrogens (tertiary/aromatic N) is 8. The minimum Gasteiger partial charge on any atom is -0.337 e. The van der Waals surface area contributed by atoms with Crippen LogP contribution < -0.4 is 0 Å². The van der Waals surface area contributed by atoms with Crippen LogP contribution in [0.4, 0.5) is 0 Å². The van der Waals surface area contributed by atoms with Crippen LogP contribution in [0.15, 0.2) is 37.1 Å². The number of carbonyl (C=O) groups excluding carboxylic acids is 1. The highest BCUT2D eigenvalue weighted by molar-refractivity contribution is 5.92. The van der Waals surface area contributed by atoms with E-state index in [0.29, 0.717) is 31.2 Å². The minimum atomic E-state index is -0.0575. The van der Waals surface area contributed by atoms with Gasteiger partial charge in [-0.1, -0.05) is 0 Å². The Kier molecular flexibility index (Phi) is 4.91. The second-order valence-electron chi connectivity index (χ2n) is 6.58. The van der Waals surface area contributed by atoms with E-state index in [2.05, 4.69) is 36.8 Å². The van der Waals surface area contributed by atoms with Crippen LogP contribution in [0.2, 0.25) is 0 Å². The van der Waals surface area contributed by atoms with E-state index < -0.39 is 0 Å². The maximum Gasteiger partial charge on any atom is 0.274 e. The zero-order chi connectivity index (χ0) is 18.6. The first kappa shape index (κ1) is 17.3. The van der Waals surface area contributed by atoms with Crippen molar-refractivity contribution in [1.82, 2.24) is 39.4 Å². The lowest BCUT2D eigenvalue weighted by Gasteiger charge is -2.31. The summed E-state index contributed by atoms with van der Waals surface area (Å²) in [4.78, 5) is 22.5. The van der Waals surface area contributed by atoms with E-state index in [-0.39, 0.29) is 5.91 Å². The van der Waals surface area contributed by atoms with Gasteiger partial charge in [-0.15, -0.1) is 10.2 Å². The molecule has 0 spiro atoms. The Morgan fingerprint density at radius 1 is 1.19 bits per heavy atom. The summed E-state index contributed by atoms with van der Waals surface area (Å²) in [7, 11) is 0. The molecule has 0 N–H and O–H groups in total. The molecule has 0 radical (unpaired) electrons. The van der Waals surface area contributed by atoms with Crippen molar-refractivity contribution >= 4 is 5.91 Å². The first-order valence-corrected chi connectivity index (χ1v) is 9.21. The van der Waals surface area contributed by atoms with Gasteiger partial charge in [0.25, 0.3) is 5.91 Å². The predicted octanol–water partition coefficient (Wildman–Crippen LogP) is 1.35. The number of likely N-dealkylation sites (tertiary alicyclic amines) is 1. The minimum absolute atomic E-state index is 0.0575. The third-order valence-corrected chi connectivity index (χ3v) is 4.96. The first-order valence-electron chi connectivity index (χ1n) is 9.21. The van der Waals surface area contributed by atoms with Crippen LogP contribution in [0.5, 0.6) is 0 Å². The Labute approximate surface area is 157 Å². The molecule has 0 unspecified atom stereocenters. The number of hydrogen-bond donors (Lipinski definition) is 0. The molecule has 1 saturated heterocycles. The molecule has 27 heavy (non-hydrogen) atoms. The molecule has 0 aliphatic carbocycles. The average molecular weight is 366 g/mol. The zero-order valence-electron chi connectivity index (χ0n) is 15.3. The van der Waals surface area contributed by atoms with Gasteiger partial charge in [0.2, 0.25) is 0 Å². The van der Waals surface area contributed by atoms with E-state index >= 15 is 0 Å². The summed E-state index contributed by atoms with van der Waals surface area (Å²) in [5, 5.41) is 13.1. The Morgan fingerprint density at radius 2 is 2.04 bits per heavy atom. The molecule has 140 valence electrons. The zero-order valence-corrected chi connectivity index (χ0v) is 15.3. The van der Waals surface area contributed by atoms with Gasteiger partial charge in [-0.25, -0.2) is 4.98 Å². The normalized spacial score (nSPS) is 15.2. The topological polar surface area (TPSA) is 94.6 Å². The van der Waals surface area contributed by atoms with E-state index in [1.54, 1.807) is 18.6 Å². The molecule has 0 aromatic carbocycles. The summed E-state index contributed by atoms with van der Waals surface area (Å²) in [5.41, 5.74) is 0.397. The van der Waals surface area contributed by atoms with Gasteiger partial charge in [0, 0.05) is 50.3 Å². The first-order chi connectivity index (χ1) is 13.3. The summed E-state index contributed by atoms with van der Waals surface area (Å²) in [5.74, 6) is 2.16. The van der Waals surface area contributed by atoms with Crippen molar-refractivity contribution in [3.8, 4) is 0 Å². The fourth-order valence-corrected chi connectivity index (χ4v) is 3.56.